The average Bonchev–Trinajstić information content (AvgIpc) is 3.49. The first-order valence-electron chi connectivity index (χ1n) is 10.3. The SMILES string of the molecule is Fc1ccc2c(c1)C(c1c[nH]c3ccccc13)N(c1ccc(I)cc1)C(c1ccsc1)=C2. The Morgan fingerprint density at radius 2 is 1.78 bits per heavy atom. The van der Waals surface area contributed by atoms with Crippen molar-refractivity contribution >= 4 is 62.3 Å². The normalized spacial score (nSPS) is 15.6. The van der Waals surface area contributed by atoms with Crippen LogP contribution in [0.2, 0.25) is 0 Å². The summed E-state index contributed by atoms with van der Waals surface area (Å²) in [4.78, 5) is 5.77. The molecule has 2 aromatic heterocycles. The Hall–Kier alpha value is -2.90. The van der Waals surface area contributed by atoms with Gasteiger partial charge >= 0.3 is 0 Å². The highest BCUT2D eigenvalue weighted by atomic mass is 127. The van der Waals surface area contributed by atoms with Crippen LogP contribution in [-0.4, -0.2) is 4.98 Å². The lowest BCUT2D eigenvalue weighted by Gasteiger charge is -2.39. The number of H-pyrrole nitrogens is 1. The van der Waals surface area contributed by atoms with Crippen LogP contribution in [0, 0.1) is 9.39 Å². The van der Waals surface area contributed by atoms with Crippen molar-refractivity contribution < 1.29 is 4.39 Å². The highest BCUT2D eigenvalue weighted by Gasteiger charge is 2.33. The first kappa shape index (κ1) is 19.8. The fraction of sp³-hybridized carbons (Fsp3) is 0.0370. The number of rotatable bonds is 3. The van der Waals surface area contributed by atoms with Crippen molar-refractivity contribution in [2.45, 2.75) is 6.04 Å². The van der Waals surface area contributed by atoms with Gasteiger partial charge in [-0.25, -0.2) is 4.39 Å². The molecule has 0 bridgehead atoms. The standard InChI is InChI=1S/C27H18FIN2S/c28-19-6-5-17-13-26(18-11-12-32-16-18)31(21-9-7-20(29)8-10-21)27(23(17)14-19)24-15-30-25-4-2-1-3-22(24)25/h1-16,27,30H. The summed E-state index contributed by atoms with van der Waals surface area (Å²) in [5.74, 6) is -0.219. The van der Waals surface area contributed by atoms with Crippen molar-refractivity contribution in [3.63, 3.8) is 0 Å². The Bertz CT molecular complexity index is 1450. The molecule has 5 aromatic rings. The van der Waals surface area contributed by atoms with E-state index >= 15 is 0 Å². The molecule has 2 nitrogen and oxygen atoms in total. The van der Waals surface area contributed by atoms with E-state index in [-0.39, 0.29) is 11.9 Å². The van der Waals surface area contributed by atoms with Gasteiger partial charge in [-0.1, -0.05) is 24.3 Å². The second-order valence-electron chi connectivity index (χ2n) is 7.85. The van der Waals surface area contributed by atoms with Crippen molar-refractivity contribution in [3.05, 3.63) is 121 Å². The molecule has 0 saturated heterocycles. The topological polar surface area (TPSA) is 19.0 Å². The minimum Gasteiger partial charge on any atom is -0.361 e. The predicted octanol–water partition coefficient (Wildman–Crippen LogP) is 8.08. The van der Waals surface area contributed by atoms with E-state index in [1.54, 1.807) is 23.5 Å². The van der Waals surface area contributed by atoms with Crippen LogP contribution in [0.25, 0.3) is 22.7 Å². The maximum atomic E-state index is 14.5. The van der Waals surface area contributed by atoms with Crippen LogP contribution in [0.3, 0.4) is 0 Å². The Balaban J connectivity index is 1.67. The van der Waals surface area contributed by atoms with Gasteiger partial charge in [0.05, 0.1) is 11.7 Å². The molecular formula is C27H18FIN2S. The summed E-state index contributed by atoms with van der Waals surface area (Å²) in [5.41, 5.74) is 7.57. The van der Waals surface area contributed by atoms with E-state index in [9.17, 15) is 4.39 Å². The number of anilines is 1. The molecule has 6 rings (SSSR count). The summed E-state index contributed by atoms with van der Waals surface area (Å²) >= 11 is 4.01. The van der Waals surface area contributed by atoms with Crippen molar-refractivity contribution in [2.75, 3.05) is 4.90 Å². The van der Waals surface area contributed by atoms with Gasteiger partial charge in [-0.2, -0.15) is 11.3 Å². The summed E-state index contributed by atoms with van der Waals surface area (Å²) in [6, 6.07) is 23.9. The number of fused-ring (bicyclic) bond motifs is 2. The summed E-state index contributed by atoms with van der Waals surface area (Å²) < 4.78 is 15.7. The van der Waals surface area contributed by atoms with Crippen LogP contribution in [0.4, 0.5) is 10.1 Å². The van der Waals surface area contributed by atoms with Gasteiger partial charge in [-0.05, 0) is 93.7 Å². The predicted molar refractivity (Wildman–Crippen MR) is 140 cm³/mol. The number of hydrogen-bond donors (Lipinski definition) is 1. The number of thiophene rings is 1. The lowest BCUT2D eigenvalue weighted by molar-refractivity contribution is 0.622. The molecule has 0 amide bonds. The first-order chi connectivity index (χ1) is 15.7. The van der Waals surface area contributed by atoms with E-state index in [0.29, 0.717) is 0 Å². The van der Waals surface area contributed by atoms with Gasteiger partial charge in [-0.3, -0.25) is 0 Å². The third kappa shape index (κ3) is 3.27. The van der Waals surface area contributed by atoms with E-state index in [4.69, 9.17) is 0 Å². The fourth-order valence-corrected chi connectivity index (χ4v) is 5.57. The van der Waals surface area contributed by atoms with Crippen molar-refractivity contribution in [3.8, 4) is 0 Å². The molecule has 1 aliphatic rings. The molecule has 3 aromatic carbocycles. The van der Waals surface area contributed by atoms with Gasteiger partial charge < -0.3 is 9.88 Å². The van der Waals surface area contributed by atoms with E-state index in [2.05, 4.69) is 104 Å². The monoisotopic (exact) mass is 548 g/mol. The highest BCUT2D eigenvalue weighted by molar-refractivity contribution is 14.1. The number of nitrogens with zero attached hydrogens (tertiary/aromatic N) is 1. The zero-order valence-electron chi connectivity index (χ0n) is 16.9. The van der Waals surface area contributed by atoms with Crippen LogP contribution in [0.1, 0.15) is 28.3 Å². The molecule has 0 spiro atoms. The molecule has 1 atom stereocenters. The molecule has 1 aliphatic heterocycles. The van der Waals surface area contributed by atoms with Crippen molar-refractivity contribution in [1.29, 1.82) is 0 Å². The second-order valence-corrected chi connectivity index (χ2v) is 9.88. The molecule has 1 unspecified atom stereocenters. The maximum absolute atomic E-state index is 14.5. The maximum Gasteiger partial charge on any atom is 0.123 e. The number of aromatic nitrogens is 1. The Kier molecular flexibility index (Phi) is 4.88. The van der Waals surface area contributed by atoms with E-state index in [0.717, 1.165) is 44.5 Å². The number of hydrogen-bond acceptors (Lipinski definition) is 2. The molecule has 32 heavy (non-hydrogen) atoms. The summed E-state index contributed by atoms with van der Waals surface area (Å²) in [7, 11) is 0. The fourth-order valence-electron chi connectivity index (χ4n) is 4.56. The molecule has 0 radical (unpaired) electrons. The van der Waals surface area contributed by atoms with Gasteiger partial charge in [0.1, 0.15) is 5.82 Å². The number of halogens is 2. The van der Waals surface area contributed by atoms with Gasteiger partial charge in [-0.15, -0.1) is 0 Å². The number of para-hydroxylation sites is 1. The largest absolute Gasteiger partial charge is 0.361 e. The lowest BCUT2D eigenvalue weighted by atomic mass is 9.87. The summed E-state index contributed by atoms with van der Waals surface area (Å²) in [5, 5.41) is 5.42. The third-order valence-corrected chi connectivity index (χ3v) is 7.39. The van der Waals surface area contributed by atoms with Crippen LogP contribution in [0.15, 0.2) is 89.8 Å². The molecule has 0 aliphatic carbocycles. The second kappa shape index (κ2) is 7.90. The minimum atomic E-state index is -0.219. The van der Waals surface area contributed by atoms with Gasteiger partial charge in [0.2, 0.25) is 0 Å². The molecule has 0 saturated carbocycles. The molecule has 1 N–H and O–H groups in total. The highest BCUT2D eigenvalue weighted by Crippen LogP contribution is 2.47. The van der Waals surface area contributed by atoms with Crippen LogP contribution in [0.5, 0.6) is 0 Å². The van der Waals surface area contributed by atoms with Crippen molar-refractivity contribution in [2.24, 2.45) is 0 Å². The molecule has 0 fully saturated rings. The van der Waals surface area contributed by atoms with Crippen LogP contribution in [-0.2, 0) is 0 Å². The zero-order chi connectivity index (χ0) is 21.7. The zero-order valence-corrected chi connectivity index (χ0v) is 19.9. The van der Waals surface area contributed by atoms with Crippen LogP contribution >= 0.6 is 33.9 Å². The van der Waals surface area contributed by atoms with E-state index in [1.165, 1.54) is 3.57 Å². The lowest BCUT2D eigenvalue weighted by Crippen LogP contribution is -2.31. The Labute approximate surface area is 203 Å². The molecule has 156 valence electrons. The van der Waals surface area contributed by atoms with Gasteiger partial charge in [0, 0.05) is 42.9 Å². The Morgan fingerprint density at radius 3 is 2.59 bits per heavy atom. The number of benzene rings is 3. The number of nitrogens with one attached hydrogen (secondary N) is 1. The average molecular weight is 548 g/mol. The van der Waals surface area contributed by atoms with Crippen LogP contribution < -0.4 is 4.90 Å². The van der Waals surface area contributed by atoms with E-state index in [1.807, 2.05) is 12.1 Å². The molecular weight excluding hydrogens is 530 g/mol. The quantitative estimate of drug-likeness (QED) is 0.226. The Morgan fingerprint density at radius 1 is 0.938 bits per heavy atom. The minimum absolute atomic E-state index is 0.170. The van der Waals surface area contributed by atoms with Gasteiger partial charge in [0.15, 0.2) is 0 Å². The van der Waals surface area contributed by atoms with E-state index < -0.39 is 0 Å². The van der Waals surface area contributed by atoms with Crippen molar-refractivity contribution in [1.82, 2.24) is 4.98 Å². The smallest absolute Gasteiger partial charge is 0.123 e. The number of aromatic amines is 1. The summed E-state index contributed by atoms with van der Waals surface area (Å²) in [6.45, 7) is 0. The first-order valence-corrected chi connectivity index (χ1v) is 12.4. The molecule has 3 heterocycles. The third-order valence-electron chi connectivity index (χ3n) is 5.99. The molecule has 5 heteroatoms. The summed E-state index contributed by atoms with van der Waals surface area (Å²) in [6.07, 6.45) is 4.25. The van der Waals surface area contributed by atoms with Gasteiger partial charge in [0.25, 0.3) is 0 Å².